The highest BCUT2D eigenvalue weighted by Gasteiger charge is 2.30. The number of carboxylic acid groups (broad SMARTS) is 1. The summed E-state index contributed by atoms with van der Waals surface area (Å²) in [6.45, 7) is 1.86. The Bertz CT molecular complexity index is 603. The van der Waals surface area contributed by atoms with Gasteiger partial charge in [0.1, 0.15) is 11.5 Å². The van der Waals surface area contributed by atoms with Crippen molar-refractivity contribution in [2.45, 2.75) is 51.5 Å². The van der Waals surface area contributed by atoms with Crippen molar-refractivity contribution in [2.75, 3.05) is 14.2 Å². The second-order valence-corrected chi connectivity index (χ2v) is 6.52. The third kappa shape index (κ3) is 4.65. The number of carbonyl (C=O) groups is 2. The average molecular weight is 349 g/mol. The van der Waals surface area contributed by atoms with Crippen molar-refractivity contribution in [3.8, 4) is 11.5 Å². The van der Waals surface area contributed by atoms with Gasteiger partial charge in [-0.15, -0.1) is 0 Å². The molecule has 2 unspecified atom stereocenters. The summed E-state index contributed by atoms with van der Waals surface area (Å²) in [5.41, 5.74) is 1.22. The van der Waals surface area contributed by atoms with E-state index in [0.717, 1.165) is 31.2 Å². The first-order valence-electron chi connectivity index (χ1n) is 8.74. The van der Waals surface area contributed by atoms with E-state index < -0.39 is 11.9 Å². The van der Waals surface area contributed by atoms with Gasteiger partial charge in [-0.25, -0.2) is 0 Å². The number of carbonyl (C=O) groups excluding carboxylic acids is 1. The zero-order chi connectivity index (χ0) is 18.4. The lowest BCUT2D eigenvalue weighted by atomic mass is 9.86. The van der Waals surface area contributed by atoms with E-state index in [4.69, 9.17) is 9.47 Å². The van der Waals surface area contributed by atoms with Crippen molar-refractivity contribution in [1.82, 2.24) is 5.32 Å². The quantitative estimate of drug-likeness (QED) is 0.853. The molecular formula is C19H27NO5. The van der Waals surface area contributed by atoms with Crippen LogP contribution in [0.5, 0.6) is 11.5 Å². The maximum Gasteiger partial charge on any atom is 0.308 e. The van der Waals surface area contributed by atoms with Crippen molar-refractivity contribution in [3.05, 3.63) is 23.3 Å². The number of amides is 1. The molecule has 6 heteroatoms. The molecular weight excluding hydrogens is 322 g/mol. The second-order valence-electron chi connectivity index (χ2n) is 6.52. The lowest BCUT2D eigenvalue weighted by molar-refractivity contribution is -0.143. The fourth-order valence-electron chi connectivity index (χ4n) is 3.42. The number of ether oxygens (including phenoxy) is 2. The Morgan fingerprint density at radius 3 is 2.12 bits per heavy atom. The fourth-order valence-corrected chi connectivity index (χ4v) is 3.42. The molecule has 1 aromatic carbocycles. The topological polar surface area (TPSA) is 84.9 Å². The predicted molar refractivity (Wildman–Crippen MR) is 94.4 cm³/mol. The summed E-state index contributed by atoms with van der Waals surface area (Å²) in [5.74, 6) is -0.549. The van der Waals surface area contributed by atoms with Crippen LogP contribution in [0.1, 0.15) is 54.4 Å². The van der Waals surface area contributed by atoms with Crippen molar-refractivity contribution >= 4 is 11.9 Å². The minimum atomic E-state index is -0.841. The maximum absolute atomic E-state index is 12.7. The number of hydrogen-bond acceptors (Lipinski definition) is 4. The van der Waals surface area contributed by atoms with Crippen LogP contribution in [-0.2, 0) is 4.79 Å². The van der Waals surface area contributed by atoms with Gasteiger partial charge in [0, 0.05) is 17.2 Å². The number of rotatable bonds is 5. The SMILES string of the molecule is COc1cc(C(=O)NC2CCCCCCC2C(=O)O)cc(OC)c1C. The third-order valence-corrected chi connectivity index (χ3v) is 4.91. The Labute approximate surface area is 148 Å². The van der Waals surface area contributed by atoms with Crippen LogP contribution in [0.2, 0.25) is 0 Å². The first-order chi connectivity index (χ1) is 12.0. The minimum Gasteiger partial charge on any atom is -0.496 e. The predicted octanol–water partition coefficient (Wildman–Crippen LogP) is 3.17. The molecule has 0 saturated heterocycles. The van der Waals surface area contributed by atoms with E-state index in [1.165, 1.54) is 0 Å². The Hall–Kier alpha value is -2.24. The normalized spacial score (nSPS) is 20.9. The van der Waals surface area contributed by atoms with Gasteiger partial charge in [0.15, 0.2) is 0 Å². The molecule has 1 amide bonds. The molecule has 25 heavy (non-hydrogen) atoms. The summed E-state index contributed by atoms with van der Waals surface area (Å²) < 4.78 is 10.6. The highest BCUT2D eigenvalue weighted by Crippen LogP contribution is 2.30. The zero-order valence-electron chi connectivity index (χ0n) is 15.1. The first-order valence-corrected chi connectivity index (χ1v) is 8.74. The van der Waals surface area contributed by atoms with Gasteiger partial charge in [-0.1, -0.05) is 25.7 Å². The summed E-state index contributed by atoms with van der Waals surface area (Å²) in [4.78, 5) is 24.3. The van der Waals surface area contributed by atoms with Crippen LogP contribution in [0.4, 0.5) is 0 Å². The van der Waals surface area contributed by atoms with Crippen molar-refractivity contribution in [3.63, 3.8) is 0 Å². The van der Waals surface area contributed by atoms with Gasteiger partial charge < -0.3 is 19.9 Å². The van der Waals surface area contributed by atoms with E-state index in [1.807, 2.05) is 6.92 Å². The molecule has 138 valence electrons. The molecule has 2 atom stereocenters. The number of aliphatic carboxylic acids is 1. The van der Waals surface area contributed by atoms with Gasteiger partial charge in [0.2, 0.25) is 0 Å². The van der Waals surface area contributed by atoms with E-state index in [1.54, 1.807) is 26.4 Å². The maximum atomic E-state index is 12.7. The lowest BCUT2D eigenvalue weighted by Crippen LogP contribution is -2.43. The van der Waals surface area contributed by atoms with Gasteiger partial charge in [-0.05, 0) is 31.9 Å². The highest BCUT2D eigenvalue weighted by molar-refractivity contribution is 5.95. The Balaban J connectivity index is 2.22. The molecule has 1 saturated carbocycles. The molecule has 2 N–H and O–H groups in total. The van der Waals surface area contributed by atoms with Crippen LogP contribution in [0.15, 0.2) is 12.1 Å². The molecule has 1 aliphatic carbocycles. The number of benzene rings is 1. The van der Waals surface area contributed by atoms with Gasteiger partial charge in [0.05, 0.1) is 20.1 Å². The number of hydrogen-bond donors (Lipinski definition) is 2. The molecule has 0 aromatic heterocycles. The van der Waals surface area contributed by atoms with E-state index in [0.29, 0.717) is 29.9 Å². The summed E-state index contributed by atoms with van der Waals surface area (Å²) in [6, 6.07) is 2.96. The van der Waals surface area contributed by atoms with E-state index in [9.17, 15) is 14.7 Å². The second kappa shape index (κ2) is 8.74. The van der Waals surface area contributed by atoms with Gasteiger partial charge >= 0.3 is 5.97 Å². The standard InChI is InChI=1S/C19H27NO5/c1-12-16(24-2)10-13(11-17(12)25-3)18(21)20-15-9-7-5-4-6-8-14(15)19(22)23/h10-11,14-15H,4-9H2,1-3H3,(H,20,21)(H,22,23). The van der Waals surface area contributed by atoms with Crippen LogP contribution >= 0.6 is 0 Å². The Morgan fingerprint density at radius 1 is 1.04 bits per heavy atom. The molecule has 1 aromatic rings. The summed E-state index contributed by atoms with van der Waals surface area (Å²) in [6.07, 6.45) is 5.22. The molecule has 0 radical (unpaired) electrons. The van der Waals surface area contributed by atoms with Crippen LogP contribution in [0.25, 0.3) is 0 Å². The third-order valence-electron chi connectivity index (χ3n) is 4.91. The van der Waals surface area contributed by atoms with E-state index in [-0.39, 0.29) is 11.9 Å². The van der Waals surface area contributed by atoms with Crippen LogP contribution < -0.4 is 14.8 Å². The van der Waals surface area contributed by atoms with Gasteiger partial charge in [-0.2, -0.15) is 0 Å². The van der Waals surface area contributed by atoms with E-state index in [2.05, 4.69) is 5.32 Å². The number of methoxy groups -OCH3 is 2. The summed E-state index contributed by atoms with van der Waals surface area (Å²) >= 11 is 0. The molecule has 2 rings (SSSR count). The highest BCUT2D eigenvalue weighted by atomic mass is 16.5. The monoisotopic (exact) mass is 349 g/mol. The largest absolute Gasteiger partial charge is 0.496 e. The molecule has 0 heterocycles. The van der Waals surface area contributed by atoms with Crippen molar-refractivity contribution in [1.29, 1.82) is 0 Å². The van der Waals surface area contributed by atoms with Gasteiger partial charge in [-0.3, -0.25) is 9.59 Å². The van der Waals surface area contributed by atoms with E-state index >= 15 is 0 Å². The number of nitrogens with one attached hydrogen (secondary N) is 1. The van der Waals surface area contributed by atoms with Crippen LogP contribution in [-0.4, -0.2) is 37.2 Å². The first kappa shape index (κ1) is 19.1. The number of carboxylic acids is 1. The molecule has 6 nitrogen and oxygen atoms in total. The average Bonchev–Trinajstić information content (AvgIpc) is 2.57. The molecule has 0 aliphatic heterocycles. The fraction of sp³-hybridized carbons (Fsp3) is 0.579. The van der Waals surface area contributed by atoms with Gasteiger partial charge in [0.25, 0.3) is 5.91 Å². The smallest absolute Gasteiger partial charge is 0.308 e. The molecule has 1 aliphatic rings. The molecule has 0 bridgehead atoms. The van der Waals surface area contributed by atoms with Crippen LogP contribution in [0.3, 0.4) is 0 Å². The minimum absolute atomic E-state index is 0.298. The molecule has 1 fully saturated rings. The Morgan fingerprint density at radius 2 is 1.60 bits per heavy atom. The summed E-state index contributed by atoms with van der Waals surface area (Å²) in [7, 11) is 3.08. The van der Waals surface area contributed by atoms with Crippen molar-refractivity contribution in [2.24, 2.45) is 5.92 Å². The zero-order valence-corrected chi connectivity index (χ0v) is 15.1. The summed E-state index contributed by atoms with van der Waals surface area (Å²) in [5, 5.41) is 12.4. The van der Waals surface area contributed by atoms with Crippen molar-refractivity contribution < 1.29 is 24.2 Å². The Kier molecular flexibility index (Phi) is 6.67. The molecule has 0 spiro atoms. The van der Waals surface area contributed by atoms with Crippen LogP contribution in [0, 0.1) is 12.8 Å². The lowest BCUT2D eigenvalue weighted by Gasteiger charge is -2.27.